The van der Waals surface area contributed by atoms with E-state index in [2.05, 4.69) is 33.2 Å². The lowest BCUT2D eigenvalue weighted by Crippen LogP contribution is -2.36. The molecule has 4 aromatic rings. The molecule has 1 aromatic carbocycles. The van der Waals surface area contributed by atoms with E-state index in [9.17, 15) is 5.11 Å². The molecule has 0 bridgehead atoms. The first-order valence-corrected chi connectivity index (χ1v) is 11.5. The predicted octanol–water partition coefficient (Wildman–Crippen LogP) is 2.60. The molecule has 0 radical (unpaired) electrons. The van der Waals surface area contributed by atoms with Crippen molar-refractivity contribution in [3.05, 3.63) is 47.2 Å². The predicted molar refractivity (Wildman–Crippen MR) is 130 cm³/mol. The Bertz CT molecular complexity index is 1460. The quantitative estimate of drug-likeness (QED) is 0.380. The molecule has 3 heterocycles. The normalized spacial score (nSPS) is 17.6. The van der Waals surface area contributed by atoms with Crippen molar-refractivity contribution in [2.24, 2.45) is 5.73 Å². The number of fused-ring (bicyclic) bond motifs is 2. The van der Waals surface area contributed by atoms with E-state index in [1.165, 1.54) is 5.56 Å². The Morgan fingerprint density at radius 2 is 2.06 bits per heavy atom. The molecule has 0 saturated heterocycles. The lowest BCUT2D eigenvalue weighted by atomic mass is 9.86. The molecule has 5 N–H and O–H groups in total. The van der Waals surface area contributed by atoms with Crippen LogP contribution in [0.5, 0.6) is 5.88 Å². The highest BCUT2D eigenvalue weighted by Gasteiger charge is 2.29. The van der Waals surface area contributed by atoms with Crippen LogP contribution in [0.25, 0.3) is 22.6 Å². The number of nitrogens with zero attached hydrogens (tertiary/aromatic N) is 5. The molecule has 3 aromatic heterocycles. The van der Waals surface area contributed by atoms with Gasteiger partial charge in [0.2, 0.25) is 5.88 Å². The summed E-state index contributed by atoms with van der Waals surface area (Å²) in [6, 6.07) is 9.70. The highest BCUT2D eigenvalue weighted by molar-refractivity contribution is 5.86. The monoisotopic (exact) mass is 473 g/mol. The lowest BCUT2D eigenvalue weighted by molar-refractivity contribution is 0.143. The maximum atomic E-state index is 10.2. The number of nitrogens with two attached hydrogens (primary N) is 2. The average molecular weight is 474 g/mol. The molecule has 0 unspecified atom stereocenters. The Labute approximate surface area is 202 Å². The van der Waals surface area contributed by atoms with Crippen LogP contribution in [-0.4, -0.2) is 41.7 Å². The largest absolute Gasteiger partial charge is 0.472 e. The van der Waals surface area contributed by atoms with Crippen molar-refractivity contribution in [2.45, 2.75) is 57.9 Å². The van der Waals surface area contributed by atoms with E-state index in [1.54, 1.807) is 13.8 Å². The van der Waals surface area contributed by atoms with Crippen molar-refractivity contribution in [1.29, 1.82) is 0 Å². The molecule has 10 nitrogen and oxygen atoms in total. The second kappa shape index (κ2) is 8.69. The van der Waals surface area contributed by atoms with Gasteiger partial charge in [0.15, 0.2) is 17.3 Å². The fourth-order valence-electron chi connectivity index (χ4n) is 4.36. The zero-order valence-corrected chi connectivity index (χ0v) is 19.8. The average Bonchev–Trinajstić information content (AvgIpc) is 3.41. The van der Waals surface area contributed by atoms with Gasteiger partial charge >= 0.3 is 0 Å². The molecular formula is C25H27N7O3. The SMILES string of the molecule is CCn1c(-c2nonc2N)nc2c(C#CC(C)(C)O)nc(O[C@H]3CCc4ccccc4[C@H]3N)cc21. The van der Waals surface area contributed by atoms with Gasteiger partial charge in [0.05, 0.1) is 11.6 Å². The van der Waals surface area contributed by atoms with Crippen LogP contribution in [0.15, 0.2) is 35.0 Å². The molecule has 0 aliphatic heterocycles. The molecular weight excluding hydrogens is 446 g/mol. The van der Waals surface area contributed by atoms with Crippen molar-refractivity contribution in [3.8, 4) is 29.2 Å². The first kappa shape index (κ1) is 22.8. The van der Waals surface area contributed by atoms with Crippen LogP contribution in [0.4, 0.5) is 5.82 Å². The van der Waals surface area contributed by atoms with E-state index in [0.717, 1.165) is 23.9 Å². The third kappa shape index (κ3) is 4.32. The molecule has 0 spiro atoms. The number of aromatic nitrogens is 5. The maximum absolute atomic E-state index is 10.2. The fraction of sp³-hybridized carbons (Fsp3) is 0.360. The van der Waals surface area contributed by atoms with Crippen LogP contribution >= 0.6 is 0 Å². The minimum absolute atomic E-state index is 0.135. The van der Waals surface area contributed by atoms with Gasteiger partial charge in [0.25, 0.3) is 0 Å². The number of benzene rings is 1. The molecule has 5 rings (SSSR count). The van der Waals surface area contributed by atoms with Gasteiger partial charge in [0.1, 0.15) is 22.9 Å². The Morgan fingerprint density at radius 1 is 1.26 bits per heavy atom. The molecule has 1 aliphatic rings. The minimum Gasteiger partial charge on any atom is -0.472 e. The number of ether oxygens (including phenoxy) is 1. The number of hydrogen-bond acceptors (Lipinski definition) is 9. The summed E-state index contributed by atoms with van der Waals surface area (Å²) in [6.07, 6.45) is 1.39. The van der Waals surface area contributed by atoms with E-state index in [0.29, 0.717) is 35.2 Å². The van der Waals surface area contributed by atoms with Gasteiger partial charge in [-0.1, -0.05) is 30.2 Å². The summed E-state index contributed by atoms with van der Waals surface area (Å²) in [5, 5.41) is 17.8. The van der Waals surface area contributed by atoms with Gasteiger partial charge in [-0.25, -0.2) is 14.6 Å². The lowest BCUT2D eigenvalue weighted by Gasteiger charge is -2.31. The van der Waals surface area contributed by atoms with Crippen LogP contribution in [0.2, 0.25) is 0 Å². The van der Waals surface area contributed by atoms with Gasteiger partial charge in [0, 0.05) is 12.6 Å². The second-order valence-corrected chi connectivity index (χ2v) is 9.08. The summed E-state index contributed by atoms with van der Waals surface area (Å²) >= 11 is 0. The van der Waals surface area contributed by atoms with Gasteiger partial charge in [-0.05, 0) is 61.0 Å². The van der Waals surface area contributed by atoms with Crippen LogP contribution in [-0.2, 0) is 13.0 Å². The highest BCUT2D eigenvalue weighted by atomic mass is 16.6. The van der Waals surface area contributed by atoms with Crippen molar-refractivity contribution in [2.75, 3.05) is 5.73 Å². The number of hydrogen-bond donors (Lipinski definition) is 3. The number of imidazole rings is 1. The van der Waals surface area contributed by atoms with Gasteiger partial charge in [-0.3, -0.25) is 0 Å². The summed E-state index contributed by atoms with van der Waals surface area (Å²) in [4.78, 5) is 9.37. The summed E-state index contributed by atoms with van der Waals surface area (Å²) in [6.45, 7) is 5.75. The van der Waals surface area contributed by atoms with Crippen LogP contribution in [0.1, 0.15) is 50.1 Å². The van der Waals surface area contributed by atoms with E-state index in [1.807, 2.05) is 35.8 Å². The van der Waals surface area contributed by atoms with Crippen molar-refractivity contribution >= 4 is 16.9 Å². The number of rotatable bonds is 4. The Balaban J connectivity index is 1.62. The topological polar surface area (TPSA) is 151 Å². The molecule has 180 valence electrons. The Hall–Kier alpha value is -3.94. The molecule has 2 atom stereocenters. The molecule has 0 fully saturated rings. The highest BCUT2D eigenvalue weighted by Crippen LogP contribution is 2.33. The van der Waals surface area contributed by atoms with Crippen LogP contribution in [0, 0.1) is 11.8 Å². The summed E-state index contributed by atoms with van der Waals surface area (Å²) < 4.78 is 13.1. The van der Waals surface area contributed by atoms with E-state index < -0.39 is 5.60 Å². The van der Waals surface area contributed by atoms with E-state index >= 15 is 0 Å². The van der Waals surface area contributed by atoms with Gasteiger partial charge < -0.3 is 25.9 Å². The second-order valence-electron chi connectivity index (χ2n) is 9.08. The van der Waals surface area contributed by atoms with Crippen LogP contribution in [0.3, 0.4) is 0 Å². The zero-order chi connectivity index (χ0) is 24.7. The summed E-state index contributed by atoms with van der Waals surface area (Å²) in [5.74, 6) is 6.78. The van der Waals surface area contributed by atoms with Crippen molar-refractivity contribution in [1.82, 2.24) is 24.8 Å². The number of aryl methyl sites for hydroxylation is 2. The van der Waals surface area contributed by atoms with Crippen LogP contribution < -0.4 is 16.2 Å². The first-order valence-electron chi connectivity index (χ1n) is 11.5. The first-order chi connectivity index (χ1) is 16.7. The standard InChI is InChI=1S/C25H27N7O3/c1-4-32-17-13-19(34-18-10-9-14-7-5-6-8-15(14)20(18)26)28-16(11-12-25(2,3)33)21(17)29-24(32)22-23(27)31-35-30-22/h5-8,13,18,20,33H,4,9-10,26H2,1-3H3,(H2,27,31)/t18-,20+/m0/s1. The van der Waals surface area contributed by atoms with Gasteiger partial charge in [-0.2, -0.15) is 0 Å². The summed E-state index contributed by atoms with van der Waals surface area (Å²) in [7, 11) is 0. The maximum Gasteiger partial charge on any atom is 0.217 e. The van der Waals surface area contributed by atoms with Crippen molar-refractivity contribution < 1.29 is 14.5 Å². The third-order valence-electron chi connectivity index (χ3n) is 6.03. The number of anilines is 1. The number of aliphatic hydroxyl groups is 1. The minimum atomic E-state index is -1.21. The smallest absolute Gasteiger partial charge is 0.217 e. The summed E-state index contributed by atoms with van der Waals surface area (Å²) in [5.41, 5.74) is 15.6. The van der Waals surface area contributed by atoms with E-state index in [4.69, 9.17) is 25.8 Å². The molecule has 0 saturated carbocycles. The Kier molecular flexibility index (Phi) is 5.67. The fourth-order valence-corrected chi connectivity index (χ4v) is 4.36. The molecule has 35 heavy (non-hydrogen) atoms. The van der Waals surface area contributed by atoms with E-state index in [-0.39, 0.29) is 18.0 Å². The molecule has 1 aliphatic carbocycles. The Morgan fingerprint density at radius 3 is 2.77 bits per heavy atom. The molecule has 10 heteroatoms. The van der Waals surface area contributed by atoms with Gasteiger partial charge in [-0.15, -0.1) is 0 Å². The van der Waals surface area contributed by atoms with Crippen molar-refractivity contribution in [3.63, 3.8) is 0 Å². The number of nitrogen functional groups attached to an aromatic ring is 1. The molecule has 0 amide bonds. The number of pyridine rings is 1. The third-order valence-corrected chi connectivity index (χ3v) is 6.03. The zero-order valence-electron chi connectivity index (χ0n) is 19.8.